The average molecular weight is 215 g/mol. The van der Waals surface area contributed by atoms with Gasteiger partial charge in [-0.25, -0.2) is 4.79 Å². The van der Waals surface area contributed by atoms with E-state index in [1.807, 2.05) is 0 Å². The van der Waals surface area contributed by atoms with Gasteiger partial charge < -0.3 is 14.6 Å². The Morgan fingerprint density at radius 1 is 1.53 bits per heavy atom. The normalized spacial score (nSPS) is 39.5. The van der Waals surface area contributed by atoms with Crippen molar-refractivity contribution in [3.05, 3.63) is 0 Å². The first-order valence-corrected chi connectivity index (χ1v) is 5.19. The van der Waals surface area contributed by atoms with Gasteiger partial charge in [-0.2, -0.15) is 0 Å². The van der Waals surface area contributed by atoms with Gasteiger partial charge in [0, 0.05) is 25.0 Å². The zero-order valence-electron chi connectivity index (χ0n) is 9.08. The first-order chi connectivity index (χ1) is 6.97. The molecule has 0 aromatic rings. The van der Waals surface area contributed by atoms with Crippen molar-refractivity contribution in [2.24, 2.45) is 5.41 Å². The van der Waals surface area contributed by atoms with E-state index < -0.39 is 17.8 Å². The van der Waals surface area contributed by atoms with Crippen molar-refractivity contribution in [3.8, 4) is 0 Å². The number of nitrogens with one attached hydrogen (secondary N) is 1. The number of hydrogen-bond donors (Lipinski definition) is 2. The quantitative estimate of drug-likeness (QED) is 0.654. The zero-order chi connectivity index (χ0) is 11.1. The lowest BCUT2D eigenvalue weighted by Crippen LogP contribution is -2.63. The molecule has 2 aliphatic rings. The van der Waals surface area contributed by atoms with Crippen LogP contribution in [0.4, 0.5) is 0 Å². The highest BCUT2D eigenvalue weighted by molar-refractivity contribution is 5.72. The molecule has 0 bridgehead atoms. The van der Waals surface area contributed by atoms with E-state index in [0.717, 1.165) is 6.42 Å². The maximum Gasteiger partial charge on any atom is 0.348 e. The van der Waals surface area contributed by atoms with Gasteiger partial charge in [-0.05, 0) is 0 Å². The average Bonchev–Trinajstić information content (AvgIpc) is 2.60. The molecule has 2 saturated heterocycles. The highest BCUT2D eigenvalue weighted by Gasteiger charge is 2.54. The molecule has 2 unspecified atom stereocenters. The third kappa shape index (κ3) is 1.64. The summed E-state index contributed by atoms with van der Waals surface area (Å²) in [6.07, 6.45) is -0.134. The second-order valence-corrected chi connectivity index (χ2v) is 4.90. The lowest BCUT2D eigenvalue weighted by atomic mass is 9.73. The SMILES string of the molecule is CC1(C)CNC(C(=O)O)OC12CCOC2. The molecule has 2 heterocycles. The van der Waals surface area contributed by atoms with Gasteiger partial charge >= 0.3 is 5.97 Å². The summed E-state index contributed by atoms with van der Waals surface area (Å²) in [6, 6.07) is 0. The Labute approximate surface area is 88.7 Å². The molecule has 0 aromatic carbocycles. The predicted octanol–water partition coefficient (Wildman–Crippen LogP) is 0.202. The van der Waals surface area contributed by atoms with Crippen molar-refractivity contribution < 1.29 is 19.4 Å². The minimum atomic E-state index is -0.961. The Kier molecular flexibility index (Phi) is 2.48. The second-order valence-electron chi connectivity index (χ2n) is 4.90. The van der Waals surface area contributed by atoms with Crippen LogP contribution in [0.5, 0.6) is 0 Å². The summed E-state index contributed by atoms with van der Waals surface area (Å²) in [5.41, 5.74) is -0.545. The van der Waals surface area contributed by atoms with Crippen molar-refractivity contribution in [1.82, 2.24) is 5.32 Å². The number of hydrogen-bond acceptors (Lipinski definition) is 4. The Hall–Kier alpha value is -0.650. The maximum atomic E-state index is 10.9. The van der Waals surface area contributed by atoms with E-state index in [4.69, 9.17) is 14.6 Å². The molecule has 0 radical (unpaired) electrons. The van der Waals surface area contributed by atoms with Crippen LogP contribution in [0.2, 0.25) is 0 Å². The summed E-state index contributed by atoms with van der Waals surface area (Å²) in [5, 5.41) is 11.8. The van der Waals surface area contributed by atoms with Crippen molar-refractivity contribution in [1.29, 1.82) is 0 Å². The zero-order valence-corrected chi connectivity index (χ0v) is 9.08. The van der Waals surface area contributed by atoms with Crippen LogP contribution in [0.15, 0.2) is 0 Å². The Morgan fingerprint density at radius 2 is 2.27 bits per heavy atom. The third-order valence-corrected chi connectivity index (χ3v) is 3.52. The minimum Gasteiger partial charge on any atom is -0.478 e. The van der Waals surface area contributed by atoms with Crippen molar-refractivity contribution >= 4 is 5.97 Å². The molecule has 15 heavy (non-hydrogen) atoms. The molecule has 2 N–H and O–H groups in total. The van der Waals surface area contributed by atoms with E-state index in [-0.39, 0.29) is 5.41 Å². The van der Waals surface area contributed by atoms with Crippen LogP contribution in [-0.4, -0.2) is 42.7 Å². The third-order valence-electron chi connectivity index (χ3n) is 3.52. The van der Waals surface area contributed by atoms with Crippen molar-refractivity contribution in [3.63, 3.8) is 0 Å². The molecular weight excluding hydrogens is 198 g/mol. The summed E-state index contributed by atoms with van der Waals surface area (Å²) >= 11 is 0. The molecule has 5 heteroatoms. The first kappa shape index (κ1) is 10.9. The molecule has 5 nitrogen and oxygen atoms in total. The summed E-state index contributed by atoms with van der Waals surface area (Å²) in [7, 11) is 0. The Morgan fingerprint density at radius 3 is 2.80 bits per heavy atom. The van der Waals surface area contributed by atoms with Crippen LogP contribution in [0, 0.1) is 5.41 Å². The predicted molar refractivity (Wildman–Crippen MR) is 52.5 cm³/mol. The lowest BCUT2D eigenvalue weighted by molar-refractivity contribution is -0.210. The van der Waals surface area contributed by atoms with Gasteiger partial charge in [0.15, 0.2) is 0 Å². The molecule has 0 aromatic heterocycles. The maximum absolute atomic E-state index is 10.9. The van der Waals surface area contributed by atoms with Gasteiger partial charge in [0.05, 0.1) is 6.61 Å². The summed E-state index contributed by atoms with van der Waals surface area (Å²) < 4.78 is 11.0. The number of rotatable bonds is 1. The molecule has 2 rings (SSSR count). The number of carboxylic acids is 1. The number of ether oxygens (including phenoxy) is 2. The van der Waals surface area contributed by atoms with Gasteiger partial charge in [0.1, 0.15) is 5.60 Å². The highest BCUT2D eigenvalue weighted by Crippen LogP contribution is 2.43. The topological polar surface area (TPSA) is 67.8 Å². The Bertz CT molecular complexity index is 271. The second kappa shape index (κ2) is 3.43. The standard InChI is InChI=1S/C10H17NO4/c1-9(2)5-11-7(8(12)13)15-10(9)3-4-14-6-10/h7,11H,3-6H2,1-2H3,(H,12,13). The molecule has 1 spiro atoms. The molecule has 2 fully saturated rings. The van der Waals surface area contributed by atoms with Crippen LogP contribution >= 0.6 is 0 Å². The van der Waals surface area contributed by atoms with Gasteiger partial charge in [0.25, 0.3) is 0 Å². The molecular formula is C10H17NO4. The van der Waals surface area contributed by atoms with Gasteiger partial charge in [-0.15, -0.1) is 0 Å². The number of carboxylic acid groups (broad SMARTS) is 1. The molecule has 2 atom stereocenters. The molecule has 2 aliphatic heterocycles. The van der Waals surface area contributed by atoms with E-state index in [1.165, 1.54) is 0 Å². The lowest BCUT2D eigenvalue weighted by Gasteiger charge is -2.48. The van der Waals surface area contributed by atoms with E-state index in [9.17, 15) is 4.79 Å². The van der Waals surface area contributed by atoms with Gasteiger partial charge in [0.2, 0.25) is 6.23 Å². The smallest absolute Gasteiger partial charge is 0.348 e. The van der Waals surface area contributed by atoms with Crippen LogP contribution in [0.1, 0.15) is 20.3 Å². The van der Waals surface area contributed by atoms with Gasteiger partial charge in [-0.1, -0.05) is 13.8 Å². The molecule has 0 aliphatic carbocycles. The molecule has 86 valence electrons. The van der Waals surface area contributed by atoms with E-state index in [2.05, 4.69) is 19.2 Å². The van der Waals surface area contributed by atoms with Crippen LogP contribution in [0.25, 0.3) is 0 Å². The summed E-state index contributed by atoms with van der Waals surface area (Å²) in [5.74, 6) is -0.961. The fourth-order valence-electron chi connectivity index (χ4n) is 2.25. The highest BCUT2D eigenvalue weighted by atomic mass is 16.6. The largest absolute Gasteiger partial charge is 0.478 e. The number of aliphatic carboxylic acids is 1. The van der Waals surface area contributed by atoms with Crippen LogP contribution in [-0.2, 0) is 14.3 Å². The van der Waals surface area contributed by atoms with Crippen LogP contribution in [0.3, 0.4) is 0 Å². The van der Waals surface area contributed by atoms with Crippen molar-refractivity contribution in [2.45, 2.75) is 32.1 Å². The van der Waals surface area contributed by atoms with Crippen LogP contribution < -0.4 is 5.32 Å². The molecule has 0 amide bonds. The van der Waals surface area contributed by atoms with E-state index in [0.29, 0.717) is 19.8 Å². The van der Waals surface area contributed by atoms with Crippen molar-refractivity contribution in [2.75, 3.05) is 19.8 Å². The first-order valence-electron chi connectivity index (χ1n) is 5.19. The van der Waals surface area contributed by atoms with E-state index in [1.54, 1.807) is 0 Å². The minimum absolute atomic E-state index is 0.102. The summed E-state index contributed by atoms with van der Waals surface area (Å²) in [4.78, 5) is 10.9. The fourth-order valence-corrected chi connectivity index (χ4v) is 2.25. The fraction of sp³-hybridized carbons (Fsp3) is 0.900. The monoisotopic (exact) mass is 215 g/mol. The molecule has 0 saturated carbocycles. The number of carbonyl (C=O) groups is 1. The van der Waals surface area contributed by atoms with E-state index >= 15 is 0 Å². The summed E-state index contributed by atoms with van der Waals surface area (Å²) in [6.45, 7) is 5.92. The van der Waals surface area contributed by atoms with Gasteiger partial charge in [-0.3, -0.25) is 5.32 Å². The Balaban J connectivity index is 2.20.